The van der Waals surface area contributed by atoms with Gasteiger partial charge in [0.25, 0.3) is 5.56 Å². The second-order valence-electron chi connectivity index (χ2n) is 13.4. The number of carbonyl (C=O) groups is 3. The number of rotatable bonds is 16. The number of piperidine rings is 1. The number of aromatic nitrogens is 4. The van der Waals surface area contributed by atoms with Crippen LogP contribution in [0.1, 0.15) is 68.9 Å². The number of aryl methyl sites for hydroxylation is 1. The summed E-state index contributed by atoms with van der Waals surface area (Å²) in [5.74, 6) is -0.296. The van der Waals surface area contributed by atoms with Crippen LogP contribution in [-0.4, -0.2) is 78.8 Å². The maximum absolute atomic E-state index is 13.5. The van der Waals surface area contributed by atoms with Crippen molar-refractivity contribution in [3.8, 4) is 11.3 Å². The van der Waals surface area contributed by atoms with E-state index in [9.17, 15) is 24.3 Å². The molecule has 0 radical (unpaired) electrons. The SMILES string of the molecule is CC(CC(=O)N1CCC(O)(Cn2cnc3c(-c4ccc(CNCCCNC(=O)CCCC(N)=O)cc4)n(C)nc3c2=O)CC1)c1ccccc1. The predicted octanol–water partition coefficient (Wildman–Crippen LogP) is 2.60. The molecule has 2 aromatic carbocycles. The minimum atomic E-state index is -1.14. The van der Waals surface area contributed by atoms with E-state index < -0.39 is 11.5 Å². The van der Waals surface area contributed by atoms with Gasteiger partial charge in [-0.05, 0) is 49.3 Å². The molecule has 5 N–H and O–H groups in total. The topological polar surface area (TPSA) is 177 Å². The van der Waals surface area contributed by atoms with E-state index >= 15 is 0 Å². The molecule has 1 atom stereocenters. The monoisotopic (exact) mass is 684 g/mol. The summed E-state index contributed by atoms with van der Waals surface area (Å²) in [4.78, 5) is 55.6. The lowest BCUT2D eigenvalue weighted by molar-refractivity contribution is -0.136. The highest BCUT2D eigenvalue weighted by Crippen LogP contribution is 2.28. The van der Waals surface area contributed by atoms with Crippen molar-refractivity contribution < 1.29 is 19.5 Å². The van der Waals surface area contributed by atoms with Gasteiger partial charge in [-0.15, -0.1) is 0 Å². The molecule has 0 spiro atoms. The number of fused-ring (bicyclic) bond motifs is 1. The number of aliphatic hydroxyl groups is 1. The zero-order valence-corrected chi connectivity index (χ0v) is 28.9. The van der Waals surface area contributed by atoms with E-state index in [0.717, 1.165) is 35.3 Å². The molecule has 1 fully saturated rings. The zero-order valence-electron chi connectivity index (χ0n) is 28.9. The minimum Gasteiger partial charge on any atom is -0.388 e. The molecule has 3 amide bonds. The van der Waals surface area contributed by atoms with Gasteiger partial charge in [0, 0.05) is 58.1 Å². The number of hydrogen-bond donors (Lipinski definition) is 4. The van der Waals surface area contributed by atoms with Gasteiger partial charge in [0.15, 0.2) is 5.52 Å². The standard InChI is InChI=1S/C37H48N8O5/c1-26(28-8-4-3-5-9-28)22-32(48)44-20-16-37(50,17-21-44)24-45-25-41-33-34(36(45)49)42-43(2)35(33)29-14-12-27(13-15-29)23-39-18-7-19-40-31(47)11-6-10-30(38)46/h3-5,8-9,12-15,25-26,39,50H,6-7,10-11,16-24H2,1-2H3,(H2,38,46)(H,40,47). The van der Waals surface area contributed by atoms with Crippen LogP contribution in [0.3, 0.4) is 0 Å². The van der Waals surface area contributed by atoms with Gasteiger partial charge in [-0.3, -0.25) is 28.4 Å². The Balaban J connectivity index is 1.12. The van der Waals surface area contributed by atoms with Crippen LogP contribution >= 0.6 is 0 Å². The van der Waals surface area contributed by atoms with Crippen LogP contribution in [0.15, 0.2) is 65.7 Å². The first-order chi connectivity index (χ1) is 24.0. The van der Waals surface area contributed by atoms with Gasteiger partial charge >= 0.3 is 0 Å². The Bertz CT molecular complexity index is 1830. The Morgan fingerprint density at radius 2 is 1.70 bits per heavy atom. The van der Waals surface area contributed by atoms with Crippen molar-refractivity contribution in [2.45, 2.75) is 76.5 Å². The minimum absolute atomic E-state index is 0.0722. The van der Waals surface area contributed by atoms with E-state index in [1.165, 1.54) is 10.9 Å². The van der Waals surface area contributed by atoms with Gasteiger partial charge in [0.05, 0.1) is 24.2 Å². The third-order valence-corrected chi connectivity index (χ3v) is 9.41. The highest BCUT2D eigenvalue weighted by molar-refractivity contribution is 5.89. The number of nitrogens with one attached hydrogen (secondary N) is 2. The number of benzene rings is 2. The summed E-state index contributed by atoms with van der Waals surface area (Å²) in [7, 11) is 1.78. The molecule has 3 heterocycles. The molecule has 2 aromatic heterocycles. The van der Waals surface area contributed by atoms with Crippen molar-refractivity contribution in [2.24, 2.45) is 12.8 Å². The van der Waals surface area contributed by atoms with Crippen molar-refractivity contribution >= 4 is 28.8 Å². The summed E-state index contributed by atoms with van der Waals surface area (Å²) in [6, 6.07) is 18.0. The van der Waals surface area contributed by atoms with Gasteiger partial charge < -0.3 is 26.4 Å². The average Bonchev–Trinajstić information content (AvgIpc) is 3.44. The van der Waals surface area contributed by atoms with Crippen molar-refractivity contribution in [1.82, 2.24) is 34.9 Å². The van der Waals surface area contributed by atoms with Crippen LogP contribution in [0.2, 0.25) is 0 Å². The third kappa shape index (κ3) is 9.42. The van der Waals surface area contributed by atoms with Crippen LogP contribution in [0.25, 0.3) is 22.3 Å². The van der Waals surface area contributed by atoms with Gasteiger partial charge in [-0.25, -0.2) is 4.98 Å². The number of likely N-dealkylation sites (tertiary alicyclic amines) is 1. The first-order valence-electron chi connectivity index (χ1n) is 17.4. The Morgan fingerprint density at radius 3 is 2.40 bits per heavy atom. The largest absolute Gasteiger partial charge is 0.388 e. The van der Waals surface area contributed by atoms with Crippen molar-refractivity contribution in [2.75, 3.05) is 26.2 Å². The quantitative estimate of drug-likeness (QED) is 0.130. The van der Waals surface area contributed by atoms with Gasteiger partial charge in [0.2, 0.25) is 17.7 Å². The molecule has 0 saturated carbocycles. The van der Waals surface area contributed by atoms with Crippen LogP contribution in [0.5, 0.6) is 0 Å². The summed E-state index contributed by atoms with van der Waals surface area (Å²) < 4.78 is 3.09. The second-order valence-corrected chi connectivity index (χ2v) is 13.4. The van der Waals surface area contributed by atoms with Gasteiger partial charge in [-0.2, -0.15) is 5.10 Å². The summed E-state index contributed by atoms with van der Waals surface area (Å²) in [5.41, 5.74) is 8.19. The van der Waals surface area contributed by atoms with E-state index in [-0.39, 0.29) is 41.8 Å². The van der Waals surface area contributed by atoms with Crippen LogP contribution in [-0.2, 0) is 34.5 Å². The predicted molar refractivity (Wildman–Crippen MR) is 191 cm³/mol. The summed E-state index contributed by atoms with van der Waals surface area (Å²) in [6.07, 6.45) is 4.37. The lowest BCUT2D eigenvalue weighted by Crippen LogP contribution is -2.49. The Kier molecular flexibility index (Phi) is 12.1. The summed E-state index contributed by atoms with van der Waals surface area (Å²) in [5, 5.41) is 22.2. The second kappa shape index (κ2) is 16.7. The van der Waals surface area contributed by atoms with Gasteiger partial charge in [0.1, 0.15) is 5.52 Å². The molecule has 4 aromatic rings. The number of carbonyl (C=O) groups excluding carboxylic acids is 3. The molecule has 50 heavy (non-hydrogen) atoms. The number of amides is 3. The van der Waals surface area contributed by atoms with E-state index in [1.807, 2.05) is 59.5 Å². The number of hydrogen-bond acceptors (Lipinski definition) is 8. The van der Waals surface area contributed by atoms with E-state index in [0.29, 0.717) is 63.8 Å². The van der Waals surface area contributed by atoms with E-state index in [4.69, 9.17) is 5.73 Å². The molecule has 266 valence electrons. The maximum Gasteiger partial charge on any atom is 0.281 e. The Morgan fingerprint density at radius 1 is 0.980 bits per heavy atom. The Hall–Kier alpha value is -4.88. The maximum atomic E-state index is 13.5. The average molecular weight is 685 g/mol. The number of nitrogens with two attached hydrogens (primary N) is 1. The molecule has 1 saturated heterocycles. The zero-order chi connectivity index (χ0) is 35.7. The highest BCUT2D eigenvalue weighted by Gasteiger charge is 2.35. The molecular weight excluding hydrogens is 636 g/mol. The smallest absolute Gasteiger partial charge is 0.281 e. The van der Waals surface area contributed by atoms with E-state index in [1.54, 1.807) is 11.7 Å². The fourth-order valence-corrected chi connectivity index (χ4v) is 6.44. The molecule has 5 rings (SSSR count). The molecule has 1 aliphatic rings. The number of primary amides is 1. The molecule has 13 heteroatoms. The molecular formula is C37H48N8O5. The fourth-order valence-electron chi connectivity index (χ4n) is 6.44. The fraction of sp³-hybridized carbons (Fsp3) is 0.459. The summed E-state index contributed by atoms with van der Waals surface area (Å²) in [6.45, 7) is 4.93. The third-order valence-electron chi connectivity index (χ3n) is 9.41. The van der Waals surface area contributed by atoms with Gasteiger partial charge in [-0.1, -0.05) is 61.5 Å². The lowest BCUT2D eigenvalue weighted by atomic mass is 9.90. The molecule has 1 unspecified atom stereocenters. The van der Waals surface area contributed by atoms with Crippen molar-refractivity contribution in [3.05, 3.63) is 82.4 Å². The summed E-state index contributed by atoms with van der Waals surface area (Å²) >= 11 is 0. The van der Waals surface area contributed by atoms with E-state index in [2.05, 4.69) is 27.6 Å². The molecule has 13 nitrogen and oxygen atoms in total. The van der Waals surface area contributed by atoms with Crippen LogP contribution in [0, 0.1) is 0 Å². The first-order valence-corrected chi connectivity index (χ1v) is 17.4. The van der Waals surface area contributed by atoms with Crippen LogP contribution in [0.4, 0.5) is 0 Å². The lowest BCUT2D eigenvalue weighted by Gasteiger charge is -2.38. The van der Waals surface area contributed by atoms with Crippen LogP contribution < -0.4 is 21.9 Å². The normalized spacial score (nSPS) is 14.8. The molecule has 0 aliphatic carbocycles. The first kappa shape index (κ1) is 36.4. The Labute approximate surface area is 291 Å². The van der Waals surface area contributed by atoms with Crippen molar-refractivity contribution in [3.63, 3.8) is 0 Å². The van der Waals surface area contributed by atoms with Crippen molar-refractivity contribution in [1.29, 1.82) is 0 Å². The number of nitrogens with zero attached hydrogens (tertiary/aromatic N) is 5. The molecule has 0 bridgehead atoms. The highest BCUT2D eigenvalue weighted by atomic mass is 16.3. The molecule has 1 aliphatic heterocycles.